The third-order valence-corrected chi connectivity index (χ3v) is 4.26. The van der Waals surface area contributed by atoms with Gasteiger partial charge in [0.1, 0.15) is 9.84 Å². The van der Waals surface area contributed by atoms with E-state index in [0.717, 1.165) is 6.26 Å². The highest BCUT2D eigenvalue weighted by molar-refractivity contribution is 7.95. The second-order valence-electron chi connectivity index (χ2n) is 3.42. The Labute approximate surface area is 95.5 Å². The van der Waals surface area contributed by atoms with E-state index in [4.69, 9.17) is 0 Å². The normalized spacial score (nSPS) is 12.3. The molecule has 0 radical (unpaired) electrons. The SMILES string of the molecule is CS(=O)(=O)CCS(=O)(=O)Nc1ccccc1. The predicted molar refractivity (Wildman–Crippen MR) is 63.6 cm³/mol. The predicted octanol–water partition coefficient (Wildman–Crippen LogP) is 0.473. The van der Waals surface area contributed by atoms with Gasteiger partial charge in [0, 0.05) is 11.9 Å². The second kappa shape index (κ2) is 4.84. The standard InChI is InChI=1S/C9H13NO4S2/c1-15(11,12)7-8-16(13,14)10-9-5-3-2-4-6-9/h2-6,10H,7-8H2,1H3. The first-order valence-electron chi connectivity index (χ1n) is 4.52. The van der Waals surface area contributed by atoms with Crippen LogP contribution in [0.2, 0.25) is 0 Å². The van der Waals surface area contributed by atoms with E-state index in [9.17, 15) is 16.8 Å². The molecule has 0 heterocycles. The van der Waals surface area contributed by atoms with Crippen molar-refractivity contribution in [2.24, 2.45) is 0 Å². The maximum atomic E-state index is 11.5. The molecule has 1 rings (SSSR count). The van der Waals surface area contributed by atoms with Gasteiger partial charge >= 0.3 is 0 Å². The van der Waals surface area contributed by atoms with Crippen LogP contribution in [0, 0.1) is 0 Å². The third kappa shape index (κ3) is 5.13. The zero-order chi connectivity index (χ0) is 12.2. The molecule has 0 bridgehead atoms. The summed E-state index contributed by atoms with van der Waals surface area (Å²) < 4.78 is 46.9. The highest BCUT2D eigenvalue weighted by Crippen LogP contribution is 2.07. The molecule has 0 aliphatic heterocycles. The van der Waals surface area contributed by atoms with Crippen molar-refractivity contribution < 1.29 is 16.8 Å². The molecule has 0 unspecified atom stereocenters. The Balaban J connectivity index is 2.67. The summed E-state index contributed by atoms with van der Waals surface area (Å²) in [6.07, 6.45) is 1.00. The maximum absolute atomic E-state index is 11.5. The minimum absolute atomic E-state index is 0.380. The Morgan fingerprint density at radius 2 is 1.56 bits per heavy atom. The quantitative estimate of drug-likeness (QED) is 0.837. The van der Waals surface area contributed by atoms with Crippen molar-refractivity contribution in [1.82, 2.24) is 0 Å². The fourth-order valence-electron chi connectivity index (χ4n) is 0.998. The van der Waals surface area contributed by atoms with Crippen molar-refractivity contribution in [3.63, 3.8) is 0 Å². The minimum Gasteiger partial charge on any atom is -0.284 e. The van der Waals surface area contributed by atoms with Crippen LogP contribution in [0.5, 0.6) is 0 Å². The number of anilines is 1. The van der Waals surface area contributed by atoms with E-state index in [-0.39, 0.29) is 5.75 Å². The molecule has 0 saturated carbocycles. The van der Waals surface area contributed by atoms with E-state index >= 15 is 0 Å². The molecule has 1 aromatic rings. The zero-order valence-corrected chi connectivity index (χ0v) is 10.4. The van der Waals surface area contributed by atoms with Gasteiger partial charge in [-0.1, -0.05) is 18.2 Å². The van der Waals surface area contributed by atoms with Gasteiger partial charge in [-0.05, 0) is 12.1 Å². The van der Waals surface area contributed by atoms with Crippen LogP contribution in [0.4, 0.5) is 5.69 Å². The van der Waals surface area contributed by atoms with Gasteiger partial charge < -0.3 is 0 Å². The third-order valence-electron chi connectivity index (χ3n) is 1.77. The maximum Gasteiger partial charge on any atom is 0.233 e. The van der Waals surface area contributed by atoms with Crippen LogP contribution < -0.4 is 4.72 Å². The monoisotopic (exact) mass is 263 g/mol. The molecule has 7 heteroatoms. The molecule has 90 valence electrons. The van der Waals surface area contributed by atoms with Gasteiger partial charge in [-0.25, -0.2) is 16.8 Å². The van der Waals surface area contributed by atoms with E-state index in [2.05, 4.69) is 4.72 Å². The summed E-state index contributed by atoms with van der Waals surface area (Å²) in [4.78, 5) is 0. The molecule has 0 spiro atoms. The Morgan fingerprint density at radius 1 is 1.00 bits per heavy atom. The number of sulfonamides is 1. The summed E-state index contributed by atoms with van der Waals surface area (Å²) in [5, 5.41) is 0. The van der Waals surface area contributed by atoms with Gasteiger partial charge in [0.05, 0.1) is 11.5 Å². The fraction of sp³-hybridized carbons (Fsp3) is 0.333. The van der Waals surface area contributed by atoms with Gasteiger partial charge in [0.25, 0.3) is 0 Å². The average Bonchev–Trinajstić information content (AvgIpc) is 2.15. The van der Waals surface area contributed by atoms with Crippen LogP contribution in [0.3, 0.4) is 0 Å². The molecular formula is C9H13NO4S2. The summed E-state index contributed by atoms with van der Waals surface area (Å²) >= 11 is 0. The summed E-state index contributed by atoms with van der Waals surface area (Å²) in [6.45, 7) is 0. The molecule has 0 saturated heterocycles. The van der Waals surface area contributed by atoms with Crippen LogP contribution in [0.1, 0.15) is 0 Å². The Hall–Kier alpha value is -1.08. The van der Waals surface area contributed by atoms with E-state index < -0.39 is 25.6 Å². The van der Waals surface area contributed by atoms with Gasteiger partial charge in [-0.2, -0.15) is 0 Å². The summed E-state index contributed by atoms with van der Waals surface area (Å²) in [7, 11) is -6.87. The van der Waals surface area contributed by atoms with Crippen molar-refractivity contribution in [2.45, 2.75) is 0 Å². The van der Waals surface area contributed by atoms with Crippen molar-refractivity contribution >= 4 is 25.5 Å². The number of sulfone groups is 1. The van der Waals surface area contributed by atoms with E-state index in [1.807, 2.05) is 0 Å². The van der Waals surface area contributed by atoms with Crippen LogP contribution in [0.25, 0.3) is 0 Å². The van der Waals surface area contributed by atoms with E-state index in [0.29, 0.717) is 5.69 Å². The van der Waals surface area contributed by atoms with Crippen LogP contribution in [0.15, 0.2) is 30.3 Å². The molecule has 0 aliphatic rings. The van der Waals surface area contributed by atoms with Gasteiger partial charge in [-0.3, -0.25) is 4.72 Å². The smallest absolute Gasteiger partial charge is 0.233 e. The first-order chi connectivity index (χ1) is 7.29. The lowest BCUT2D eigenvalue weighted by Crippen LogP contribution is -2.22. The first kappa shape index (κ1) is 13.0. The largest absolute Gasteiger partial charge is 0.284 e. The number of hydrogen-bond acceptors (Lipinski definition) is 4. The minimum atomic E-state index is -3.60. The number of hydrogen-bond donors (Lipinski definition) is 1. The lowest BCUT2D eigenvalue weighted by molar-refractivity contribution is 0.593. The van der Waals surface area contributed by atoms with E-state index in [1.165, 1.54) is 0 Å². The summed E-state index contributed by atoms with van der Waals surface area (Å²) in [6, 6.07) is 8.33. The summed E-state index contributed by atoms with van der Waals surface area (Å²) in [5.74, 6) is -0.810. The van der Waals surface area contributed by atoms with Gasteiger partial charge in [-0.15, -0.1) is 0 Å². The molecule has 5 nitrogen and oxygen atoms in total. The molecule has 1 N–H and O–H groups in total. The van der Waals surface area contributed by atoms with E-state index in [1.54, 1.807) is 30.3 Å². The first-order valence-corrected chi connectivity index (χ1v) is 8.23. The number of rotatable bonds is 5. The lowest BCUT2D eigenvalue weighted by atomic mass is 10.3. The summed E-state index contributed by atoms with van der Waals surface area (Å²) in [5.41, 5.74) is 0.427. The van der Waals surface area contributed by atoms with Gasteiger partial charge in [0.2, 0.25) is 10.0 Å². The zero-order valence-electron chi connectivity index (χ0n) is 8.75. The molecule has 0 atom stereocenters. The Kier molecular flexibility index (Phi) is 3.93. The second-order valence-corrected chi connectivity index (χ2v) is 7.52. The number of nitrogens with one attached hydrogen (secondary N) is 1. The van der Waals surface area contributed by atoms with Crippen LogP contribution in [-0.2, 0) is 19.9 Å². The average molecular weight is 263 g/mol. The van der Waals surface area contributed by atoms with Crippen LogP contribution >= 0.6 is 0 Å². The molecule has 0 fully saturated rings. The molecule has 0 aromatic heterocycles. The lowest BCUT2D eigenvalue weighted by Gasteiger charge is -2.06. The van der Waals surface area contributed by atoms with Crippen molar-refractivity contribution in [3.8, 4) is 0 Å². The molecular weight excluding hydrogens is 250 g/mol. The number of para-hydroxylation sites is 1. The highest BCUT2D eigenvalue weighted by Gasteiger charge is 2.14. The topological polar surface area (TPSA) is 80.3 Å². The van der Waals surface area contributed by atoms with Crippen molar-refractivity contribution in [3.05, 3.63) is 30.3 Å². The van der Waals surface area contributed by atoms with Crippen molar-refractivity contribution in [2.75, 3.05) is 22.5 Å². The molecule has 1 aromatic carbocycles. The number of benzene rings is 1. The highest BCUT2D eigenvalue weighted by atomic mass is 32.2. The Bertz CT molecular complexity index is 534. The fourth-order valence-corrected chi connectivity index (χ4v) is 3.68. The Morgan fingerprint density at radius 3 is 2.06 bits per heavy atom. The molecule has 0 amide bonds. The van der Waals surface area contributed by atoms with Crippen LogP contribution in [-0.4, -0.2) is 34.6 Å². The van der Waals surface area contributed by atoms with Gasteiger partial charge in [0.15, 0.2) is 0 Å². The molecule has 16 heavy (non-hydrogen) atoms. The van der Waals surface area contributed by atoms with Crippen molar-refractivity contribution in [1.29, 1.82) is 0 Å². The molecule has 0 aliphatic carbocycles.